The number of nitrogens with one attached hydrogen (secondary N) is 1. The molecule has 0 aromatic carbocycles. The van der Waals surface area contributed by atoms with Crippen LogP contribution in [0.2, 0.25) is 0 Å². The third-order valence-electron chi connectivity index (χ3n) is 3.12. The van der Waals surface area contributed by atoms with Gasteiger partial charge in [-0.15, -0.1) is 35.3 Å². The Morgan fingerprint density at radius 1 is 1.48 bits per heavy atom. The van der Waals surface area contributed by atoms with E-state index in [1.807, 2.05) is 33.8 Å². The van der Waals surface area contributed by atoms with Crippen LogP contribution in [0.5, 0.6) is 0 Å². The first-order valence-corrected chi connectivity index (χ1v) is 9.05. The molecule has 3 N–H and O–H groups in total. The molecule has 1 atom stereocenters. The largest absolute Gasteiger partial charge is 0.444 e. The molecule has 0 aliphatic carbocycles. The number of carbonyl (C=O) groups excluding carboxylic acids is 1. The van der Waals surface area contributed by atoms with E-state index in [2.05, 4.69) is 21.8 Å². The highest BCUT2D eigenvalue weighted by Crippen LogP contribution is 2.10. The van der Waals surface area contributed by atoms with E-state index in [4.69, 9.17) is 10.5 Å². The Morgan fingerprint density at radius 2 is 2.16 bits per heavy atom. The van der Waals surface area contributed by atoms with Crippen LogP contribution in [0, 0.1) is 5.92 Å². The number of hydrogen-bond acceptors (Lipinski definition) is 4. The number of aliphatic imine (C=N–C) groups is 1. The van der Waals surface area contributed by atoms with Gasteiger partial charge in [0.25, 0.3) is 0 Å². The summed E-state index contributed by atoms with van der Waals surface area (Å²) in [5, 5.41) is 5.18. The van der Waals surface area contributed by atoms with Crippen LogP contribution in [0.1, 0.15) is 32.6 Å². The lowest BCUT2D eigenvalue weighted by Crippen LogP contribution is -2.37. The number of carbonyl (C=O) groups is 1. The molecule has 0 spiro atoms. The average Bonchev–Trinajstić information content (AvgIpc) is 2.96. The predicted molar refractivity (Wildman–Crippen MR) is 116 cm³/mol. The molecular weight excluding hydrogens is 451 g/mol. The van der Waals surface area contributed by atoms with Gasteiger partial charge >= 0.3 is 6.09 Å². The van der Waals surface area contributed by atoms with Crippen molar-refractivity contribution in [2.24, 2.45) is 16.6 Å². The van der Waals surface area contributed by atoms with Crippen LogP contribution >= 0.6 is 35.3 Å². The molecule has 6 nitrogen and oxygen atoms in total. The number of ether oxygens (including phenoxy) is 1. The summed E-state index contributed by atoms with van der Waals surface area (Å²) in [6.45, 7) is 9.50. The Hall–Kier alpha value is -1.03. The van der Waals surface area contributed by atoms with Crippen molar-refractivity contribution in [1.29, 1.82) is 0 Å². The van der Waals surface area contributed by atoms with Crippen LogP contribution in [0.4, 0.5) is 4.79 Å². The molecule has 1 unspecified atom stereocenters. The Kier molecular flexibility index (Phi) is 11.1. The molecule has 0 fully saturated rings. The van der Waals surface area contributed by atoms with Crippen LogP contribution in [-0.4, -0.2) is 49.2 Å². The minimum Gasteiger partial charge on any atom is -0.444 e. The van der Waals surface area contributed by atoms with E-state index >= 15 is 0 Å². The van der Waals surface area contributed by atoms with Crippen molar-refractivity contribution in [3.63, 3.8) is 0 Å². The number of guanidine groups is 1. The molecule has 1 heterocycles. The molecule has 0 aliphatic heterocycles. The van der Waals surface area contributed by atoms with Gasteiger partial charge in [0, 0.05) is 31.6 Å². The molecule has 0 bridgehead atoms. The van der Waals surface area contributed by atoms with Gasteiger partial charge < -0.3 is 20.7 Å². The van der Waals surface area contributed by atoms with Crippen molar-refractivity contribution >= 4 is 47.4 Å². The van der Waals surface area contributed by atoms with Gasteiger partial charge in [-0.05, 0) is 44.6 Å². The van der Waals surface area contributed by atoms with Crippen LogP contribution in [-0.2, 0) is 11.2 Å². The highest BCUT2D eigenvalue weighted by Gasteiger charge is 2.20. The van der Waals surface area contributed by atoms with Gasteiger partial charge in [-0.1, -0.05) is 13.0 Å². The molecule has 0 aliphatic rings. The number of thiophene rings is 1. The molecule has 1 aromatic rings. The number of nitrogens with zero attached hydrogens (tertiary/aromatic N) is 2. The molecule has 0 saturated heterocycles. The minimum atomic E-state index is -0.482. The fourth-order valence-electron chi connectivity index (χ4n) is 2.02. The number of halogens is 1. The fourth-order valence-corrected chi connectivity index (χ4v) is 2.73. The number of nitrogens with two attached hydrogens (primary N) is 1. The van der Waals surface area contributed by atoms with Crippen molar-refractivity contribution in [1.82, 2.24) is 10.2 Å². The summed E-state index contributed by atoms with van der Waals surface area (Å²) in [6.07, 6.45) is 0.616. The Bertz CT molecular complexity index is 529. The van der Waals surface area contributed by atoms with Crippen LogP contribution < -0.4 is 11.1 Å². The zero-order chi connectivity index (χ0) is 18.2. The van der Waals surface area contributed by atoms with Crippen molar-refractivity contribution < 1.29 is 9.53 Å². The molecular formula is C17H31IN4O2S. The van der Waals surface area contributed by atoms with Crippen LogP contribution in [0.25, 0.3) is 0 Å². The third-order valence-corrected chi connectivity index (χ3v) is 4.06. The maximum Gasteiger partial charge on any atom is 0.410 e. The van der Waals surface area contributed by atoms with Gasteiger partial charge in [-0.2, -0.15) is 0 Å². The standard InChI is InChI=1S/C17H30N4O2S.HI/c1-13(12-21(5)16(22)23-17(2,3)4)11-20-15(18)19-9-8-14-7-6-10-24-14;/h6-7,10,13H,8-9,11-12H2,1-5H3,(H3,18,19,20);1H. The summed E-state index contributed by atoms with van der Waals surface area (Å²) in [4.78, 5) is 19.2. The van der Waals surface area contributed by atoms with Gasteiger partial charge in [0.05, 0.1) is 0 Å². The highest BCUT2D eigenvalue weighted by molar-refractivity contribution is 14.0. The monoisotopic (exact) mass is 482 g/mol. The quantitative estimate of drug-likeness (QED) is 0.355. The lowest BCUT2D eigenvalue weighted by Gasteiger charge is -2.26. The minimum absolute atomic E-state index is 0. The normalized spacial score (nSPS) is 12.9. The first-order chi connectivity index (χ1) is 11.2. The van der Waals surface area contributed by atoms with Crippen molar-refractivity contribution in [2.45, 2.75) is 39.7 Å². The maximum atomic E-state index is 11.9. The Labute approximate surface area is 172 Å². The molecule has 144 valence electrons. The van der Waals surface area contributed by atoms with E-state index in [0.717, 1.165) is 13.0 Å². The van der Waals surface area contributed by atoms with Crippen LogP contribution in [0.3, 0.4) is 0 Å². The van der Waals surface area contributed by atoms with E-state index in [-0.39, 0.29) is 36.0 Å². The van der Waals surface area contributed by atoms with Crippen molar-refractivity contribution in [2.75, 3.05) is 26.7 Å². The van der Waals surface area contributed by atoms with Crippen molar-refractivity contribution in [3.05, 3.63) is 22.4 Å². The third kappa shape index (κ3) is 11.2. The number of amides is 1. The zero-order valence-corrected chi connectivity index (χ0v) is 18.9. The second-order valence-electron chi connectivity index (χ2n) is 6.95. The van der Waals surface area contributed by atoms with E-state index in [1.165, 1.54) is 4.88 Å². The summed E-state index contributed by atoms with van der Waals surface area (Å²) in [5.41, 5.74) is 5.39. The number of rotatable bonds is 7. The summed E-state index contributed by atoms with van der Waals surface area (Å²) in [5.74, 6) is 0.637. The molecule has 1 aromatic heterocycles. The van der Waals surface area contributed by atoms with Crippen LogP contribution in [0.15, 0.2) is 22.5 Å². The Balaban J connectivity index is 0.00000576. The molecule has 1 rings (SSSR count). The summed E-state index contributed by atoms with van der Waals surface area (Å²) < 4.78 is 5.33. The second-order valence-corrected chi connectivity index (χ2v) is 7.98. The van der Waals surface area contributed by atoms with Crippen molar-refractivity contribution in [3.8, 4) is 0 Å². The summed E-state index contributed by atoms with van der Waals surface area (Å²) in [7, 11) is 1.73. The van der Waals surface area contributed by atoms with E-state index < -0.39 is 5.60 Å². The lowest BCUT2D eigenvalue weighted by atomic mass is 10.2. The van der Waals surface area contributed by atoms with Gasteiger partial charge in [0.1, 0.15) is 5.60 Å². The average molecular weight is 482 g/mol. The topological polar surface area (TPSA) is 80.0 Å². The fraction of sp³-hybridized carbons (Fsp3) is 0.647. The highest BCUT2D eigenvalue weighted by atomic mass is 127. The molecule has 0 saturated carbocycles. The van der Waals surface area contributed by atoms with Gasteiger partial charge in [-0.25, -0.2) is 4.79 Å². The van der Waals surface area contributed by atoms with Gasteiger partial charge in [0.2, 0.25) is 0 Å². The first-order valence-electron chi connectivity index (χ1n) is 8.17. The Morgan fingerprint density at radius 3 is 2.72 bits per heavy atom. The van der Waals surface area contributed by atoms with E-state index in [9.17, 15) is 4.79 Å². The van der Waals surface area contributed by atoms with E-state index in [0.29, 0.717) is 19.0 Å². The molecule has 25 heavy (non-hydrogen) atoms. The molecule has 0 radical (unpaired) electrons. The van der Waals surface area contributed by atoms with E-state index in [1.54, 1.807) is 23.3 Å². The SMILES string of the molecule is CC(CN=C(N)NCCc1cccs1)CN(C)C(=O)OC(C)(C)C.I. The maximum absolute atomic E-state index is 11.9. The lowest BCUT2D eigenvalue weighted by molar-refractivity contribution is 0.0279. The predicted octanol–water partition coefficient (Wildman–Crippen LogP) is 3.32. The zero-order valence-electron chi connectivity index (χ0n) is 15.7. The summed E-state index contributed by atoms with van der Waals surface area (Å²) >= 11 is 1.74. The smallest absolute Gasteiger partial charge is 0.410 e. The molecule has 1 amide bonds. The van der Waals surface area contributed by atoms with Gasteiger partial charge in [0.15, 0.2) is 5.96 Å². The van der Waals surface area contributed by atoms with Gasteiger partial charge in [-0.3, -0.25) is 4.99 Å². The first kappa shape index (κ1) is 24.0. The second kappa shape index (κ2) is 11.6. The molecule has 8 heteroatoms. The number of hydrogen-bond donors (Lipinski definition) is 2. The summed E-state index contributed by atoms with van der Waals surface area (Å²) in [6, 6.07) is 4.15.